The van der Waals surface area contributed by atoms with Crippen molar-refractivity contribution >= 4 is 11.6 Å². The van der Waals surface area contributed by atoms with Crippen LogP contribution in [0.1, 0.15) is 36.5 Å². The number of benzene rings is 2. The van der Waals surface area contributed by atoms with Crippen LogP contribution in [0.3, 0.4) is 0 Å². The van der Waals surface area contributed by atoms with Crippen LogP contribution in [0.5, 0.6) is 11.5 Å². The summed E-state index contributed by atoms with van der Waals surface area (Å²) in [4.78, 5) is 11.9. The summed E-state index contributed by atoms with van der Waals surface area (Å²) < 4.78 is 5.53. The van der Waals surface area contributed by atoms with E-state index < -0.39 is 0 Å². The molecular formula is C19H23NO3. The predicted molar refractivity (Wildman–Crippen MR) is 92.2 cm³/mol. The van der Waals surface area contributed by atoms with E-state index >= 15 is 0 Å². The van der Waals surface area contributed by atoms with Gasteiger partial charge in [-0.2, -0.15) is 0 Å². The van der Waals surface area contributed by atoms with Gasteiger partial charge in [-0.05, 0) is 60.7 Å². The monoisotopic (exact) mass is 313 g/mol. The van der Waals surface area contributed by atoms with Crippen LogP contribution in [0.25, 0.3) is 0 Å². The standard InChI is InChI=1S/C19H23NO3/c1-12(2)16-7-6-15(10-14(16)4)23-11-19(22)20-17-8-5-13(3)9-18(17)21/h5-10,12,21H,11H2,1-4H3,(H,20,22). The lowest BCUT2D eigenvalue weighted by atomic mass is 9.98. The first-order chi connectivity index (χ1) is 10.9. The van der Waals surface area contributed by atoms with Gasteiger partial charge in [0.1, 0.15) is 11.5 Å². The zero-order valence-corrected chi connectivity index (χ0v) is 14.0. The summed E-state index contributed by atoms with van der Waals surface area (Å²) in [7, 11) is 0. The number of aromatic hydroxyl groups is 1. The van der Waals surface area contributed by atoms with Crippen LogP contribution < -0.4 is 10.1 Å². The molecule has 122 valence electrons. The number of nitrogens with one attached hydrogen (secondary N) is 1. The highest BCUT2D eigenvalue weighted by Gasteiger charge is 2.09. The van der Waals surface area contributed by atoms with Crippen molar-refractivity contribution in [3.05, 3.63) is 53.1 Å². The van der Waals surface area contributed by atoms with Gasteiger partial charge in [-0.1, -0.05) is 26.0 Å². The molecule has 0 saturated carbocycles. The van der Waals surface area contributed by atoms with Crippen LogP contribution in [-0.2, 0) is 4.79 Å². The van der Waals surface area contributed by atoms with Crippen LogP contribution >= 0.6 is 0 Å². The number of carbonyl (C=O) groups is 1. The molecule has 0 unspecified atom stereocenters. The van der Waals surface area contributed by atoms with E-state index in [0.29, 0.717) is 17.4 Å². The normalized spacial score (nSPS) is 10.7. The lowest BCUT2D eigenvalue weighted by Crippen LogP contribution is -2.20. The van der Waals surface area contributed by atoms with Gasteiger partial charge in [0.15, 0.2) is 6.61 Å². The van der Waals surface area contributed by atoms with Crippen molar-refractivity contribution in [3.8, 4) is 11.5 Å². The van der Waals surface area contributed by atoms with E-state index in [1.807, 2.05) is 38.1 Å². The van der Waals surface area contributed by atoms with Crippen molar-refractivity contribution in [3.63, 3.8) is 0 Å². The average molecular weight is 313 g/mol. The molecule has 23 heavy (non-hydrogen) atoms. The van der Waals surface area contributed by atoms with E-state index in [1.54, 1.807) is 12.1 Å². The summed E-state index contributed by atoms with van der Waals surface area (Å²) in [5.41, 5.74) is 3.73. The van der Waals surface area contributed by atoms with Gasteiger partial charge >= 0.3 is 0 Å². The molecule has 0 bridgehead atoms. The Kier molecular flexibility index (Phi) is 5.27. The molecule has 0 heterocycles. The maximum absolute atomic E-state index is 11.9. The van der Waals surface area contributed by atoms with E-state index in [0.717, 1.165) is 11.1 Å². The number of ether oxygens (including phenoxy) is 1. The molecule has 0 radical (unpaired) electrons. The Balaban J connectivity index is 1.95. The molecule has 0 aliphatic heterocycles. The number of phenolic OH excluding ortho intramolecular Hbond substituents is 1. The van der Waals surface area contributed by atoms with Crippen LogP contribution in [0, 0.1) is 13.8 Å². The van der Waals surface area contributed by atoms with E-state index in [-0.39, 0.29) is 18.3 Å². The third-order valence-corrected chi connectivity index (χ3v) is 3.66. The summed E-state index contributed by atoms with van der Waals surface area (Å²) in [5.74, 6) is 0.859. The molecule has 2 aromatic carbocycles. The number of phenols is 1. The second kappa shape index (κ2) is 7.18. The Labute approximate surface area is 137 Å². The summed E-state index contributed by atoms with van der Waals surface area (Å²) in [5, 5.41) is 12.4. The minimum atomic E-state index is -0.310. The molecular weight excluding hydrogens is 290 g/mol. The third-order valence-electron chi connectivity index (χ3n) is 3.66. The van der Waals surface area contributed by atoms with Gasteiger partial charge in [0.05, 0.1) is 5.69 Å². The molecule has 4 nitrogen and oxygen atoms in total. The fourth-order valence-electron chi connectivity index (χ4n) is 2.47. The van der Waals surface area contributed by atoms with E-state index in [4.69, 9.17) is 4.74 Å². The van der Waals surface area contributed by atoms with Crippen LogP contribution in [0.15, 0.2) is 36.4 Å². The highest BCUT2D eigenvalue weighted by atomic mass is 16.5. The van der Waals surface area contributed by atoms with Crippen molar-refractivity contribution in [1.29, 1.82) is 0 Å². The van der Waals surface area contributed by atoms with Crippen molar-refractivity contribution in [2.45, 2.75) is 33.6 Å². The molecule has 0 aliphatic carbocycles. The number of carbonyl (C=O) groups excluding carboxylic acids is 1. The Bertz CT molecular complexity index is 708. The molecule has 0 saturated heterocycles. The Morgan fingerprint density at radius 1 is 1.17 bits per heavy atom. The zero-order chi connectivity index (χ0) is 17.0. The fourth-order valence-corrected chi connectivity index (χ4v) is 2.47. The molecule has 0 fully saturated rings. The first-order valence-corrected chi connectivity index (χ1v) is 7.69. The molecule has 2 aromatic rings. The van der Waals surface area contributed by atoms with Gasteiger partial charge in [-0.25, -0.2) is 0 Å². The van der Waals surface area contributed by atoms with E-state index in [1.165, 1.54) is 5.56 Å². The van der Waals surface area contributed by atoms with Crippen LogP contribution in [-0.4, -0.2) is 17.6 Å². The fraction of sp³-hybridized carbons (Fsp3) is 0.316. The van der Waals surface area contributed by atoms with Gasteiger partial charge in [0, 0.05) is 0 Å². The quantitative estimate of drug-likeness (QED) is 0.815. The van der Waals surface area contributed by atoms with E-state index in [9.17, 15) is 9.90 Å². The van der Waals surface area contributed by atoms with Gasteiger partial charge in [-0.15, -0.1) is 0 Å². The number of rotatable bonds is 5. The Hall–Kier alpha value is -2.49. The lowest BCUT2D eigenvalue weighted by Gasteiger charge is -2.13. The van der Waals surface area contributed by atoms with Crippen molar-refractivity contribution in [1.82, 2.24) is 0 Å². The molecule has 0 atom stereocenters. The van der Waals surface area contributed by atoms with Crippen molar-refractivity contribution in [2.24, 2.45) is 0 Å². The molecule has 1 amide bonds. The van der Waals surface area contributed by atoms with Crippen LogP contribution in [0.2, 0.25) is 0 Å². The maximum atomic E-state index is 11.9. The summed E-state index contributed by atoms with van der Waals surface area (Å²) in [6.45, 7) is 8.09. The second-order valence-electron chi connectivity index (χ2n) is 6.03. The average Bonchev–Trinajstić information content (AvgIpc) is 2.48. The predicted octanol–water partition coefficient (Wildman–Crippen LogP) is 4.15. The highest BCUT2D eigenvalue weighted by Crippen LogP contribution is 2.25. The van der Waals surface area contributed by atoms with Gasteiger partial charge in [0.25, 0.3) is 5.91 Å². The number of aryl methyl sites for hydroxylation is 2. The number of anilines is 1. The van der Waals surface area contributed by atoms with E-state index in [2.05, 4.69) is 19.2 Å². The highest BCUT2D eigenvalue weighted by molar-refractivity contribution is 5.93. The molecule has 2 N–H and O–H groups in total. The topological polar surface area (TPSA) is 58.6 Å². The largest absolute Gasteiger partial charge is 0.506 e. The number of hydrogen-bond acceptors (Lipinski definition) is 3. The molecule has 4 heteroatoms. The number of hydrogen-bond donors (Lipinski definition) is 2. The molecule has 0 aromatic heterocycles. The Morgan fingerprint density at radius 2 is 1.91 bits per heavy atom. The molecule has 0 spiro atoms. The van der Waals surface area contributed by atoms with Crippen molar-refractivity contribution in [2.75, 3.05) is 11.9 Å². The smallest absolute Gasteiger partial charge is 0.262 e. The lowest BCUT2D eigenvalue weighted by molar-refractivity contribution is -0.118. The second-order valence-corrected chi connectivity index (χ2v) is 6.03. The summed E-state index contributed by atoms with van der Waals surface area (Å²) in [6, 6.07) is 10.9. The molecule has 2 rings (SSSR count). The minimum Gasteiger partial charge on any atom is -0.506 e. The zero-order valence-electron chi connectivity index (χ0n) is 14.0. The van der Waals surface area contributed by atoms with Gasteiger partial charge in [0.2, 0.25) is 0 Å². The molecule has 0 aliphatic rings. The van der Waals surface area contributed by atoms with Crippen LogP contribution in [0.4, 0.5) is 5.69 Å². The third kappa shape index (κ3) is 4.49. The number of amides is 1. The first kappa shape index (κ1) is 16.9. The minimum absolute atomic E-state index is 0.0514. The summed E-state index contributed by atoms with van der Waals surface area (Å²) in [6.07, 6.45) is 0. The van der Waals surface area contributed by atoms with Gasteiger partial charge < -0.3 is 15.2 Å². The maximum Gasteiger partial charge on any atom is 0.262 e. The van der Waals surface area contributed by atoms with Gasteiger partial charge in [-0.3, -0.25) is 4.79 Å². The Morgan fingerprint density at radius 3 is 2.52 bits per heavy atom. The first-order valence-electron chi connectivity index (χ1n) is 7.69. The summed E-state index contributed by atoms with van der Waals surface area (Å²) >= 11 is 0. The van der Waals surface area contributed by atoms with Crippen molar-refractivity contribution < 1.29 is 14.6 Å². The SMILES string of the molecule is Cc1ccc(NC(=O)COc2ccc(C(C)C)c(C)c2)c(O)c1.